The minimum atomic E-state index is -0.648. The monoisotopic (exact) mass is 405 g/mol. The van der Waals surface area contributed by atoms with E-state index in [1.54, 1.807) is 24.3 Å². The van der Waals surface area contributed by atoms with Crippen molar-refractivity contribution in [3.05, 3.63) is 69.8 Å². The predicted molar refractivity (Wildman–Crippen MR) is 99.0 cm³/mol. The van der Waals surface area contributed by atoms with Crippen molar-refractivity contribution in [2.45, 2.75) is 25.4 Å². The van der Waals surface area contributed by atoms with Gasteiger partial charge in [0.25, 0.3) is 5.91 Å². The number of carbonyl (C=O) groups excluding carboxylic acids is 1. The quantitative estimate of drug-likeness (QED) is 0.599. The Labute approximate surface area is 164 Å². The molecule has 0 radical (unpaired) electrons. The molecule has 138 valence electrons. The summed E-state index contributed by atoms with van der Waals surface area (Å²) in [5, 5.41) is 8.72. The Morgan fingerprint density at radius 2 is 1.89 bits per heavy atom. The molecule has 27 heavy (non-hydrogen) atoms. The molecule has 1 saturated carbocycles. The van der Waals surface area contributed by atoms with Gasteiger partial charge in [-0.25, -0.2) is 4.39 Å². The standard InChI is InChI=1S/C19H14Cl2FN3O2/c20-12-6-4-11(5-7-12)18-24-23-16(27-18)10-25(13-8-9-13)19(26)17-14(21)2-1-3-15(17)22/h1-7,13H,8-10H2. The zero-order chi connectivity index (χ0) is 19.0. The van der Waals surface area contributed by atoms with Crippen LogP contribution in [-0.2, 0) is 6.54 Å². The molecule has 0 spiro atoms. The lowest BCUT2D eigenvalue weighted by Gasteiger charge is -2.21. The van der Waals surface area contributed by atoms with Gasteiger partial charge >= 0.3 is 0 Å². The molecule has 0 unspecified atom stereocenters. The lowest BCUT2D eigenvalue weighted by Crippen LogP contribution is -2.33. The Morgan fingerprint density at radius 1 is 1.15 bits per heavy atom. The highest BCUT2D eigenvalue weighted by Crippen LogP contribution is 2.32. The molecule has 1 heterocycles. The van der Waals surface area contributed by atoms with E-state index in [9.17, 15) is 9.18 Å². The minimum absolute atomic E-state index is 0.0130. The first-order valence-electron chi connectivity index (χ1n) is 8.36. The normalized spacial score (nSPS) is 13.6. The lowest BCUT2D eigenvalue weighted by atomic mass is 10.1. The minimum Gasteiger partial charge on any atom is -0.419 e. The van der Waals surface area contributed by atoms with Crippen molar-refractivity contribution in [3.63, 3.8) is 0 Å². The third-order valence-electron chi connectivity index (χ3n) is 4.29. The summed E-state index contributed by atoms with van der Waals surface area (Å²) in [6.45, 7) is 0.0920. The number of rotatable bonds is 5. The highest BCUT2D eigenvalue weighted by Gasteiger charge is 2.36. The van der Waals surface area contributed by atoms with Gasteiger partial charge in [0, 0.05) is 16.6 Å². The van der Waals surface area contributed by atoms with Gasteiger partial charge in [-0.2, -0.15) is 0 Å². The second kappa shape index (κ2) is 7.29. The fourth-order valence-electron chi connectivity index (χ4n) is 2.77. The SMILES string of the molecule is O=C(c1c(F)cccc1Cl)N(Cc1nnc(-c2ccc(Cl)cc2)o1)C1CC1. The summed E-state index contributed by atoms with van der Waals surface area (Å²) in [6.07, 6.45) is 1.69. The number of nitrogens with zero attached hydrogens (tertiary/aromatic N) is 3. The highest BCUT2D eigenvalue weighted by atomic mass is 35.5. The van der Waals surface area contributed by atoms with E-state index in [-0.39, 0.29) is 29.1 Å². The third-order valence-corrected chi connectivity index (χ3v) is 4.86. The molecular formula is C19H14Cl2FN3O2. The summed E-state index contributed by atoms with van der Waals surface area (Å²) in [7, 11) is 0. The third kappa shape index (κ3) is 3.82. The number of hydrogen-bond donors (Lipinski definition) is 0. The first-order valence-corrected chi connectivity index (χ1v) is 9.12. The number of amides is 1. The Bertz CT molecular complexity index is 967. The molecule has 1 amide bonds. The first-order chi connectivity index (χ1) is 13.0. The van der Waals surface area contributed by atoms with Crippen LogP contribution in [0.3, 0.4) is 0 Å². The van der Waals surface area contributed by atoms with Crippen LogP contribution in [0.1, 0.15) is 29.1 Å². The number of halogens is 3. The van der Waals surface area contributed by atoms with Crippen molar-refractivity contribution in [1.82, 2.24) is 15.1 Å². The summed E-state index contributed by atoms with van der Waals surface area (Å²) in [4.78, 5) is 14.4. The fourth-order valence-corrected chi connectivity index (χ4v) is 3.14. The molecule has 1 aliphatic rings. The molecule has 4 rings (SSSR count). The fraction of sp³-hybridized carbons (Fsp3) is 0.211. The number of benzene rings is 2. The molecule has 0 aliphatic heterocycles. The van der Waals surface area contributed by atoms with E-state index in [1.807, 2.05) is 0 Å². The van der Waals surface area contributed by atoms with E-state index in [0.717, 1.165) is 18.4 Å². The highest BCUT2D eigenvalue weighted by molar-refractivity contribution is 6.33. The zero-order valence-corrected chi connectivity index (χ0v) is 15.5. The van der Waals surface area contributed by atoms with Crippen LogP contribution in [-0.4, -0.2) is 27.0 Å². The zero-order valence-electron chi connectivity index (χ0n) is 14.0. The summed E-state index contributed by atoms with van der Waals surface area (Å²) in [5.41, 5.74) is 0.586. The average Bonchev–Trinajstić information content (AvgIpc) is 3.38. The molecule has 0 bridgehead atoms. The van der Waals surface area contributed by atoms with Gasteiger partial charge in [0.15, 0.2) is 0 Å². The summed E-state index contributed by atoms with van der Waals surface area (Å²) >= 11 is 11.9. The molecule has 0 N–H and O–H groups in total. The maximum absolute atomic E-state index is 14.1. The molecular weight excluding hydrogens is 392 g/mol. The number of aromatic nitrogens is 2. The molecule has 1 aromatic heterocycles. The lowest BCUT2D eigenvalue weighted by molar-refractivity contribution is 0.0710. The largest absolute Gasteiger partial charge is 0.419 e. The van der Waals surface area contributed by atoms with Crippen molar-refractivity contribution < 1.29 is 13.6 Å². The van der Waals surface area contributed by atoms with E-state index in [4.69, 9.17) is 27.6 Å². The van der Waals surface area contributed by atoms with Crippen molar-refractivity contribution in [2.75, 3.05) is 0 Å². The Morgan fingerprint density at radius 3 is 2.56 bits per heavy atom. The van der Waals surface area contributed by atoms with Gasteiger partial charge in [0.2, 0.25) is 11.8 Å². The van der Waals surface area contributed by atoms with Crippen molar-refractivity contribution in [1.29, 1.82) is 0 Å². The van der Waals surface area contributed by atoms with Crippen LogP contribution in [0.15, 0.2) is 46.9 Å². The van der Waals surface area contributed by atoms with Crippen LogP contribution >= 0.6 is 23.2 Å². The topological polar surface area (TPSA) is 59.2 Å². The van der Waals surface area contributed by atoms with Crippen LogP contribution < -0.4 is 0 Å². The van der Waals surface area contributed by atoms with E-state index in [2.05, 4.69) is 10.2 Å². The van der Waals surface area contributed by atoms with E-state index in [1.165, 1.54) is 23.1 Å². The number of carbonyl (C=O) groups is 1. The molecule has 2 aromatic carbocycles. The summed E-state index contributed by atoms with van der Waals surface area (Å²) in [5.74, 6) is -0.529. The van der Waals surface area contributed by atoms with Gasteiger partial charge in [-0.05, 0) is 49.2 Å². The van der Waals surface area contributed by atoms with E-state index < -0.39 is 11.7 Å². The van der Waals surface area contributed by atoms with Crippen molar-refractivity contribution in [2.24, 2.45) is 0 Å². The molecule has 0 saturated heterocycles. The Kier molecular flexibility index (Phi) is 4.85. The predicted octanol–water partition coefficient (Wildman–Crippen LogP) is 4.99. The van der Waals surface area contributed by atoms with Crippen molar-refractivity contribution in [3.8, 4) is 11.5 Å². The molecule has 8 heteroatoms. The average molecular weight is 406 g/mol. The molecule has 5 nitrogen and oxygen atoms in total. The van der Waals surface area contributed by atoms with E-state index >= 15 is 0 Å². The van der Waals surface area contributed by atoms with Crippen LogP contribution in [0.25, 0.3) is 11.5 Å². The van der Waals surface area contributed by atoms with Crippen LogP contribution in [0.2, 0.25) is 10.0 Å². The van der Waals surface area contributed by atoms with Crippen LogP contribution in [0.4, 0.5) is 4.39 Å². The second-order valence-corrected chi connectivity index (χ2v) is 7.11. The molecule has 1 aliphatic carbocycles. The first kappa shape index (κ1) is 17.9. The van der Waals surface area contributed by atoms with Gasteiger partial charge in [-0.15, -0.1) is 10.2 Å². The molecule has 3 aromatic rings. The van der Waals surface area contributed by atoms with Gasteiger partial charge in [0.05, 0.1) is 17.1 Å². The van der Waals surface area contributed by atoms with Gasteiger partial charge < -0.3 is 9.32 Å². The smallest absolute Gasteiger partial charge is 0.259 e. The molecule has 1 fully saturated rings. The summed E-state index contributed by atoms with van der Waals surface area (Å²) < 4.78 is 19.8. The van der Waals surface area contributed by atoms with Crippen LogP contribution in [0.5, 0.6) is 0 Å². The number of hydrogen-bond acceptors (Lipinski definition) is 4. The van der Waals surface area contributed by atoms with E-state index in [0.29, 0.717) is 10.9 Å². The molecule has 0 atom stereocenters. The van der Waals surface area contributed by atoms with Crippen molar-refractivity contribution >= 4 is 29.1 Å². The van der Waals surface area contributed by atoms with Gasteiger partial charge in [0.1, 0.15) is 5.82 Å². The Balaban J connectivity index is 1.58. The Hall–Kier alpha value is -2.44. The van der Waals surface area contributed by atoms with Gasteiger partial charge in [-0.1, -0.05) is 29.3 Å². The maximum atomic E-state index is 14.1. The maximum Gasteiger partial charge on any atom is 0.259 e. The van der Waals surface area contributed by atoms with Crippen LogP contribution in [0, 0.1) is 5.82 Å². The summed E-state index contributed by atoms with van der Waals surface area (Å²) in [6, 6.07) is 11.2. The van der Waals surface area contributed by atoms with Gasteiger partial charge in [-0.3, -0.25) is 4.79 Å². The second-order valence-electron chi connectivity index (χ2n) is 6.27.